The van der Waals surface area contributed by atoms with E-state index in [2.05, 4.69) is 31.0 Å². The quantitative estimate of drug-likeness (QED) is 0.536. The van der Waals surface area contributed by atoms with E-state index in [1.54, 1.807) is 0 Å². The summed E-state index contributed by atoms with van der Waals surface area (Å²) in [4.78, 5) is 2.69. The standard InChI is InChI=1S/C16H34N2/c1-4-11-18(14-16-8-9-16)12-7-5-6-10-17-13-15(2)3/h15-17H,4-14H2,1-3H3. The number of nitrogens with zero attached hydrogens (tertiary/aromatic N) is 1. The van der Waals surface area contributed by atoms with Crippen molar-refractivity contribution in [2.24, 2.45) is 11.8 Å². The molecule has 108 valence electrons. The van der Waals surface area contributed by atoms with Gasteiger partial charge in [0.1, 0.15) is 0 Å². The zero-order valence-corrected chi connectivity index (χ0v) is 12.9. The van der Waals surface area contributed by atoms with E-state index in [-0.39, 0.29) is 0 Å². The molecule has 0 saturated heterocycles. The van der Waals surface area contributed by atoms with Crippen LogP contribution in [0, 0.1) is 11.8 Å². The highest BCUT2D eigenvalue weighted by Gasteiger charge is 2.23. The van der Waals surface area contributed by atoms with Crippen LogP contribution in [0.5, 0.6) is 0 Å². The molecule has 0 heterocycles. The lowest BCUT2D eigenvalue weighted by Crippen LogP contribution is -2.28. The predicted octanol–water partition coefficient (Wildman–Crippen LogP) is 3.52. The van der Waals surface area contributed by atoms with Crippen LogP contribution in [-0.4, -0.2) is 37.6 Å². The summed E-state index contributed by atoms with van der Waals surface area (Å²) in [6.45, 7) is 13.2. The molecule has 0 atom stereocenters. The zero-order valence-electron chi connectivity index (χ0n) is 12.9. The van der Waals surface area contributed by atoms with E-state index in [1.165, 1.54) is 71.2 Å². The summed E-state index contributed by atoms with van der Waals surface area (Å²) in [5.41, 5.74) is 0. The highest BCUT2D eigenvalue weighted by molar-refractivity contribution is 4.77. The van der Waals surface area contributed by atoms with Crippen molar-refractivity contribution in [2.45, 2.75) is 59.3 Å². The lowest BCUT2D eigenvalue weighted by molar-refractivity contribution is 0.257. The predicted molar refractivity (Wildman–Crippen MR) is 81.0 cm³/mol. The van der Waals surface area contributed by atoms with E-state index in [9.17, 15) is 0 Å². The summed E-state index contributed by atoms with van der Waals surface area (Å²) in [5, 5.41) is 3.53. The average molecular weight is 254 g/mol. The molecule has 1 rings (SSSR count). The van der Waals surface area contributed by atoms with Crippen molar-refractivity contribution >= 4 is 0 Å². The van der Waals surface area contributed by atoms with Crippen LogP contribution in [0.4, 0.5) is 0 Å². The minimum atomic E-state index is 0.781. The van der Waals surface area contributed by atoms with Crippen LogP contribution < -0.4 is 5.32 Å². The molecule has 0 spiro atoms. The Labute approximate surface area is 115 Å². The molecule has 0 unspecified atom stereocenters. The van der Waals surface area contributed by atoms with Gasteiger partial charge in [-0.3, -0.25) is 0 Å². The zero-order chi connectivity index (χ0) is 13.2. The topological polar surface area (TPSA) is 15.3 Å². The average Bonchev–Trinajstić information content (AvgIpc) is 3.11. The molecule has 1 saturated carbocycles. The van der Waals surface area contributed by atoms with E-state index in [0.29, 0.717) is 0 Å². The third-order valence-electron chi connectivity index (χ3n) is 3.63. The Hall–Kier alpha value is -0.0800. The highest BCUT2D eigenvalue weighted by Crippen LogP contribution is 2.29. The highest BCUT2D eigenvalue weighted by atomic mass is 15.1. The minimum absolute atomic E-state index is 0.781. The van der Waals surface area contributed by atoms with Crippen molar-refractivity contribution in [3.05, 3.63) is 0 Å². The van der Waals surface area contributed by atoms with Crippen molar-refractivity contribution in [1.29, 1.82) is 0 Å². The molecule has 0 aromatic rings. The van der Waals surface area contributed by atoms with Gasteiger partial charge in [-0.2, -0.15) is 0 Å². The summed E-state index contributed by atoms with van der Waals surface area (Å²) < 4.78 is 0. The van der Waals surface area contributed by atoms with Gasteiger partial charge in [0.05, 0.1) is 0 Å². The summed E-state index contributed by atoms with van der Waals surface area (Å²) in [5.74, 6) is 1.83. The summed E-state index contributed by atoms with van der Waals surface area (Å²) in [6, 6.07) is 0. The van der Waals surface area contributed by atoms with E-state index >= 15 is 0 Å². The second kappa shape index (κ2) is 9.80. The fourth-order valence-electron chi connectivity index (χ4n) is 2.43. The molecule has 0 aromatic heterocycles. The van der Waals surface area contributed by atoms with Crippen molar-refractivity contribution in [3.8, 4) is 0 Å². The van der Waals surface area contributed by atoms with Crippen LogP contribution in [0.25, 0.3) is 0 Å². The molecule has 1 aliphatic rings. The molecule has 0 aliphatic heterocycles. The van der Waals surface area contributed by atoms with Gasteiger partial charge in [-0.05, 0) is 70.1 Å². The summed E-state index contributed by atoms with van der Waals surface area (Å²) in [6.07, 6.45) is 8.39. The third-order valence-corrected chi connectivity index (χ3v) is 3.63. The van der Waals surface area contributed by atoms with Crippen molar-refractivity contribution in [1.82, 2.24) is 10.2 Å². The Morgan fingerprint density at radius 2 is 1.89 bits per heavy atom. The maximum atomic E-state index is 3.53. The first-order valence-electron chi connectivity index (χ1n) is 8.15. The monoisotopic (exact) mass is 254 g/mol. The maximum Gasteiger partial charge on any atom is 0.000966 e. The van der Waals surface area contributed by atoms with Gasteiger partial charge in [-0.25, -0.2) is 0 Å². The van der Waals surface area contributed by atoms with Crippen LogP contribution in [0.15, 0.2) is 0 Å². The lowest BCUT2D eigenvalue weighted by Gasteiger charge is -2.21. The molecule has 2 heteroatoms. The van der Waals surface area contributed by atoms with Crippen LogP contribution in [0.3, 0.4) is 0 Å². The Kier molecular flexibility index (Phi) is 8.70. The molecule has 2 nitrogen and oxygen atoms in total. The van der Waals surface area contributed by atoms with Crippen molar-refractivity contribution in [3.63, 3.8) is 0 Å². The normalized spacial score (nSPS) is 15.8. The molecule has 0 bridgehead atoms. The van der Waals surface area contributed by atoms with Crippen LogP contribution in [0.1, 0.15) is 59.3 Å². The van der Waals surface area contributed by atoms with Gasteiger partial charge >= 0.3 is 0 Å². The second-order valence-corrected chi connectivity index (χ2v) is 6.40. The van der Waals surface area contributed by atoms with Gasteiger partial charge in [0.15, 0.2) is 0 Å². The Balaban J connectivity index is 1.90. The van der Waals surface area contributed by atoms with E-state index < -0.39 is 0 Å². The third kappa shape index (κ3) is 8.93. The van der Waals surface area contributed by atoms with Gasteiger partial charge in [0, 0.05) is 6.54 Å². The second-order valence-electron chi connectivity index (χ2n) is 6.40. The van der Waals surface area contributed by atoms with Crippen molar-refractivity contribution in [2.75, 3.05) is 32.7 Å². The SMILES string of the molecule is CCCN(CCCCCNCC(C)C)CC1CC1. The van der Waals surface area contributed by atoms with Crippen molar-refractivity contribution < 1.29 is 0 Å². The number of unbranched alkanes of at least 4 members (excludes halogenated alkanes) is 2. The minimum Gasteiger partial charge on any atom is -0.316 e. The van der Waals surface area contributed by atoms with Gasteiger partial charge < -0.3 is 10.2 Å². The Morgan fingerprint density at radius 3 is 2.50 bits per heavy atom. The first-order valence-corrected chi connectivity index (χ1v) is 8.15. The van der Waals surface area contributed by atoms with Crippen LogP contribution >= 0.6 is 0 Å². The summed E-state index contributed by atoms with van der Waals surface area (Å²) >= 11 is 0. The Bertz CT molecular complexity index is 188. The number of rotatable bonds is 12. The van der Waals surface area contributed by atoms with Gasteiger partial charge in [0.2, 0.25) is 0 Å². The molecular weight excluding hydrogens is 220 g/mol. The lowest BCUT2D eigenvalue weighted by atomic mass is 10.2. The van der Waals surface area contributed by atoms with Crippen LogP contribution in [0.2, 0.25) is 0 Å². The fourth-order valence-corrected chi connectivity index (χ4v) is 2.43. The molecule has 0 aromatic carbocycles. The number of nitrogens with one attached hydrogen (secondary N) is 1. The van der Waals surface area contributed by atoms with Crippen LogP contribution in [-0.2, 0) is 0 Å². The molecule has 1 N–H and O–H groups in total. The first-order chi connectivity index (χ1) is 8.72. The number of hydrogen-bond acceptors (Lipinski definition) is 2. The smallest absolute Gasteiger partial charge is 0.000966 e. The largest absolute Gasteiger partial charge is 0.316 e. The van der Waals surface area contributed by atoms with Gasteiger partial charge in [-0.1, -0.05) is 27.2 Å². The molecule has 0 amide bonds. The Morgan fingerprint density at radius 1 is 1.11 bits per heavy atom. The van der Waals surface area contributed by atoms with Gasteiger partial charge in [-0.15, -0.1) is 0 Å². The molecule has 1 fully saturated rings. The first kappa shape index (κ1) is 16.0. The molecular formula is C16H34N2. The van der Waals surface area contributed by atoms with E-state index in [1.807, 2.05) is 0 Å². The van der Waals surface area contributed by atoms with Gasteiger partial charge in [0.25, 0.3) is 0 Å². The number of hydrogen-bond donors (Lipinski definition) is 1. The molecule has 1 aliphatic carbocycles. The van der Waals surface area contributed by atoms with E-state index in [4.69, 9.17) is 0 Å². The van der Waals surface area contributed by atoms with E-state index in [0.717, 1.165) is 11.8 Å². The molecule has 0 radical (unpaired) electrons. The fraction of sp³-hybridized carbons (Fsp3) is 1.00. The molecule has 18 heavy (non-hydrogen) atoms. The maximum absolute atomic E-state index is 3.53. The summed E-state index contributed by atoms with van der Waals surface area (Å²) in [7, 11) is 0.